The Kier molecular flexibility index (Phi) is 8.47. The van der Waals surface area contributed by atoms with E-state index in [9.17, 15) is 26.4 Å². The molecule has 1 saturated carbocycles. The summed E-state index contributed by atoms with van der Waals surface area (Å²) >= 11 is 1.21. The third-order valence-electron chi connectivity index (χ3n) is 8.01. The number of rotatable bonds is 7. The van der Waals surface area contributed by atoms with Crippen LogP contribution in [0.2, 0.25) is 0 Å². The summed E-state index contributed by atoms with van der Waals surface area (Å²) in [4.78, 5) is 19.1. The second-order valence-corrected chi connectivity index (χ2v) is 13.7. The van der Waals surface area contributed by atoms with Crippen molar-refractivity contribution in [2.24, 2.45) is 4.99 Å². The van der Waals surface area contributed by atoms with Crippen molar-refractivity contribution in [1.29, 1.82) is 0 Å². The number of sulfonamides is 1. The first-order valence-electron chi connectivity index (χ1n) is 14.4. The monoisotopic (exact) mass is 641 g/mol. The number of amides is 1. The average molecular weight is 642 g/mol. The number of halogens is 3. The number of ether oxygens (including phenoxy) is 1. The number of nitrogens with zero attached hydrogens (tertiary/aromatic N) is 2. The van der Waals surface area contributed by atoms with E-state index in [1.54, 1.807) is 15.7 Å². The number of hydrogen-bond acceptors (Lipinski definition) is 6. The molecule has 2 heterocycles. The normalized spacial score (nSPS) is 18.4. The summed E-state index contributed by atoms with van der Waals surface area (Å²) in [6.07, 6.45) is 8.71. The van der Waals surface area contributed by atoms with Crippen LogP contribution in [0.1, 0.15) is 60.3 Å². The second-order valence-electron chi connectivity index (χ2n) is 11.0. The van der Waals surface area contributed by atoms with E-state index in [0.29, 0.717) is 46.8 Å². The number of carbonyl (C=O) groups is 1. The largest absolute Gasteiger partial charge is 0.516 e. The van der Waals surface area contributed by atoms with Crippen LogP contribution in [0.5, 0.6) is 5.75 Å². The Bertz CT molecular complexity index is 1710. The van der Waals surface area contributed by atoms with E-state index in [0.717, 1.165) is 16.9 Å². The summed E-state index contributed by atoms with van der Waals surface area (Å²) in [7, 11) is -5.52. The van der Waals surface area contributed by atoms with Gasteiger partial charge in [0.2, 0.25) is 0 Å². The number of aliphatic imine (C=N–C) groups is 1. The van der Waals surface area contributed by atoms with Crippen LogP contribution in [-0.2, 0) is 27.8 Å². The van der Waals surface area contributed by atoms with Crippen LogP contribution in [0.4, 0.5) is 24.5 Å². The van der Waals surface area contributed by atoms with Gasteiger partial charge in [-0.3, -0.25) is 9.52 Å². The topological polar surface area (TPSA) is 88.1 Å². The van der Waals surface area contributed by atoms with Crippen LogP contribution in [0.3, 0.4) is 0 Å². The molecule has 3 aliphatic rings. The van der Waals surface area contributed by atoms with Gasteiger partial charge in [-0.1, -0.05) is 55.7 Å². The van der Waals surface area contributed by atoms with E-state index >= 15 is 0 Å². The number of anilines is 2. The molecule has 7 nitrogen and oxygen atoms in total. The van der Waals surface area contributed by atoms with Gasteiger partial charge in [0.05, 0.1) is 4.91 Å². The van der Waals surface area contributed by atoms with Crippen molar-refractivity contribution in [3.63, 3.8) is 0 Å². The number of nitrogens with one attached hydrogen (secondary N) is 1. The van der Waals surface area contributed by atoms with Crippen molar-refractivity contribution in [3.05, 3.63) is 93.9 Å². The fourth-order valence-corrected chi connectivity index (χ4v) is 7.20. The van der Waals surface area contributed by atoms with Crippen molar-refractivity contribution >= 4 is 50.3 Å². The van der Waals surface area contributed by atoms with Gasteiger partial charge in [-0.25, -0.2) is 0 Å². The molecule has 230 valence electrons. The van der Waals surface area contributed by atoms with E-state index in [-0.39, 0.29) is 11.6 Å². The Labute approximate surface area is 258 Å². The Hall–Kier alpha value is -3.77. The molecule has 1 N–H and O–H groups in total. The lowest BCUT2D eigenvalue weighted by atomic mass is 9.84. The molecule has 2 aliphatic heterocycles. The molecule has 0 spiro atoms. The Morgan fingerprint density at radius 3 is 2.43 bits per heavy atom. The van der Waals surface area contributed by atoms with Crippen molar-refractivity contribution in [1.82, 2.24) is 0 Å². The summed E-state index contributed by atoms with van der Waals surface area (Å²) in [6, 6.07) is 20.3. The zero-order chi connectivity index (χ0) is 30.9. The summed E-state index contributed by atoms with van der Waals surface area (Å²) in [6.45, 7) is 0.913. The first kappa shape index (κ1) is 30.3. The van der Waals surface area contributed by atoms with E-state index in [4.69, 9.17) is 4.74 Å². The highest BCUT2D eigenvalue weighted by atomic mass is 32.2. The molecular weight excluding hydrogens is 611 g/mol. The molecule has 3 aromatic carbocycles. The smallest absolute Gasteiger partial charge is 0.489 e. The minimum absolute atomic E-state index is 0.180. The molecule has 1 amide bonds. The Morgan fingerprint density at radius 2 is 1.73 bits per heavy atom. The highest BCUT2D eigenvalue weighted by molar-refractivity contribution is 8.18. The van der Waals surface area contributed by atoms with Gasteiger partial charge in [-0.05, 0) is 95.6 Å². The predicted octanol–water partition coefficient (Wildman–Crippen LogP) is 7.61. The third kappa shape index (κ3) is 6.66. The van der Waals surface area contributed by atoms with E-state index in [1.165, 1.54) is 67.6 Å². The minimum Gasteiger partial charge on any atom is -0.489 e. The molecule has 0 saturated heterocycles. The number of amidine groups is 1. The fraction of sp³-hybridized carbons (Fsp3) is 0.312. The molecule has 6 rings (SSSR count). The molecule has 12 heteroatoms. The second kappa shape index (κ2) is 12.3. The SMILES string of the molecule is O=C1N=C(N2CCc3cc(NS(=O)(=O)C(F)(F)F)ccc32)SC1=Cc1ccc(OCc2ccc(C3CCCCC3)cc2)cc1. The molecule has 0 atom stereocenters. The molecular formula is C32H30F3N3O4S2. The van der Waals surface area contributed by atoms with Crippen LogP contribution in [0.15, 0.2) is 76.6 Å². The molecule has 3 aromatic rings. The maximum Gasteiger partial charge on any atom is 0.516 e. The molecule has 0 aromatic heterocycles. The number of benzene rings is 3. The summed E-state index contributed by atoms with van der Waals surface area (Å²) in [5, 5.41) is 0.457. The molecule has 44 heavy (non-hydrogen) atoms. The zero-order valence-electron chi connectivity index (χ0n) is 23.6. The Morgan fingerprint density at radius 1 is 1.00 bits per heavy atom. The predicted molar refractivity (Wildman–Crippen MR) is 167 cm³/mol. The highest BCUT2D eigenvalue weighted by Crippen LogP contribution is 2.38. The van der Waals surface area contributed by atoms with Gasteiger partial charge in [-0.15, -0.1) is 0 Å². The Balaban J connectivity index is 1.05. The van der Waals surface area contributed by atoms with Crippen LogP contribution in [0, 0.1) is 0 Å². The van der Waals surface area contributed by atoms with Crippen molar-refractivity contribution in [3.8, 4) is 5.75 Å². The van der Waals surface area contributed by atoms with Crippen LogP contribution in [-0.4, -0.2) is 31.5 Å². The molecule has 0 bridgehead atoms. The lowest BCUT2D eigenvalue weighted by Crippen LogP contribution is -2.29. The summed E-state index contributed by atoms with van der Waals surface area (Å²) in [5.41, 5.74) is -0.956. The van der Waals surface area contributed by atoms with Gasteiger partial charge in [0, 0.05) is 17.9 Å². The van der Waals surface area contributed by atoms with Gasteiger partial charge in [0.25, 0.3) is 5.91 Å². The number of thioether (sulfide) groups is 1. The summed E-state index contributed by atoms with van der Waals surface area (Å²) in [5.74, 6) is 1.01. The van der Waals surface area contributed by atoms with E-state index < -0.39 is 15.5 Å². The van der Waals surface area contributed by atoms with Gasteiger partial charge >= 0.3 is 15.5 Å². The fourth-order valence-electron chi connectivity index (χ4n) is 5.69. The third-order valence-corrected chi connectivity index (χ3v) is 10.1. The van der Waals surface area contributed by atoms with Crippen LogP contribution < -0.4 is 14.4 Å². The standard InChI is InChI=1S/C32H30F3N3O4S2/c33-32(34,35)44(40,41)37-26-12-15-28-25(19-26)16-17-38(28)31-36-30(39)29(43-31)18-21-8-13-27(14-9-21)42-20-22-6-10-24(11-7-22)23-4-2-1-3-5-23/h6-15,18-19,23,37H,1-5,16-17,20H2. The van der Waals surface area contributed by atoms with Crippen molar-refractivity contribution in [2.75, 3.05) is 16.2 Å². The number of carbonyl (C=O) groups excluding carboxylic acids is 1. The molecule has 1 fully saturated rings. The number of alkyl halides is 3. The van der Waals surface area contributed by atoms with E-state index in [1.807, 2.05) is 24.3 Å². The van der Waals surface area contributed by atoms with Crippen molar-refractivity contribution < 1.29 is 31.1 Å². The van der Waals surface area contributed by atoms with E-state index in [2.05, 4.69) is 29.3 Å². The van der Waals surface area contributed by atoms with Gasteiger partial charge in [-0.2, -0.15) is 26.6 Å². The lowest BCUT2D eigenvalue weighted by molar-refractivity contribution is -0.113. The lowest BCUT2D eigenvalue weighted by Gasteiger charge is -2.22. The van der Waals surface area contributed by atoms with Crippen molar-refractivity contribution in [2.45, 2.75) is 56.6 Å². The van der Waals surface area contributed by atoms with Gasteiger partial charge in [0.15, 0.2) is 5.17 Å². The molecule has 0 radical (unpaired) electrons. The quantitative estimate of drug-likeness (QED) is 0.267. The van der Waals surface area contributed by atoms with Gasteiger partial charge < -0.3 is 9.64 Å². The maximum absolute atomic E-state index is 12.7. The molecule has 0 unspecified atom stereocenters. The average Bonchev–Trinajstić information content (AvgIpc) is 3.59. The highest BCUT2D eigenvalue weighted by Gasteiger charge is 2.46. The molecule has 1 aliphatic carbocycles. The first-order chi connectivity index (χ1) is 21.1. The number of hydrogen-bond donors (Lipinski definition) is 1. The first-order valence-corrected chi connectivity index (χ1v) is 16.7. The maximum atomic E-state index is 12.7. The minimum atomic E-state index is -5.52. The number of fused-ring (bicyclic) bond motifs is 1. The van der Waals surface area contributed by atoms with Crippen LogP contribution in [0.25, 0.3) is 6.08 Å². The zero-order valence-corrected chi connectivity index (χ0v) is 25.3. The van der Waals surface area contributed by atoms with Gasteiger partial charge in [0.1, 0.15) is 12.4 Å². The van der Waals surface area contributed by atoms with Crippen LogP contribution >= 0.6 is 11.8 Å². The summed E-state index contributed by atoms with van der Waals surface area (Å²) < 4.78 is 68.7.